The Kier molecular flexibility index (Phi) is 5.64. The van der Waals surface area contributed by atoms with Crippen molar-refractivity contribution in [1.82, 2.24) is 0 Å². The van der Waals surface area contributed by atoms with Gasteiger partial charge in [-0.1, -0.05) is 37.9 Å². The highest BCUT2D eigenvalue weighted by molar-refractivity contribution is 9.10. The van der Waals surface area contributed by atoms with Crippen molar-refractivity contribution in [3.63, 3.8) is 0 Å². The number of ether oxygens (including phenoxy) is 1. The summed E-state index contributed by atoms with van der Waals surface area (Å²) in [7, 11) is 1.59. The monoisotopic (exact) mass is 412 g/mol. The van der Waals surface area contributed by atoms with Crippen molar-refractivity contribution in [2.24, 2.45) is 0 Å². The molecule has 2 aromatic rings. The molecule has 0 spiro atoms. The van der Waals surface area contributed by atoms with Gasteiger partial charge in [-0.3, -0.25) is 4.79 Å². The van der Waals surface area contributed by atoms with Crippen LogP contribution in [0.5, 0.6) is 5.75 Å². The minimum Gasteiger partial charge on any atom is -0.495 e. The van der Waals surface area contributed by atoms with Crippen LogP contribution in [0.4, 0.5) is 11.4 Å². The summed E-state index contributed by atoms with van der Waals surface area (Å²) in [6, 6.07) is 13.0. The Morgan fingerprint density at radius 2 is 1.90 bits per heavy atom. The van der Waals surface area contributed by atoms with E-state index in [1.165, 1.54) is 0 Å². The average Bonchev–Trinajstić information content (AvgIpc) is 2.45. The van der Waals surface area contributed by atoms with Crippen LogP contribution in [0, 0.1) is 0 Å². The number of anilines is 2. The minimum atomic E-state index is -0.130. The van der Waals surface area contributed by atoms with Crippen molar-refractivity contribution in [2.45, 2.75) is 0 Å². The SMILES string of the molecule is COc1ccc(Br)cc1NCC(=O)Nc1cccc(Br)c1. The number of methoxy groups -OCH3 is 1. The van der Waals surface area contributed by atoms with Gasteiger partial charge in [0.25, 0.3) is 0 Å². The first-order valence-corrected chi connectivity index (χ1v) is 7.80. The van der Waals surface area contributed by atoms with Gasteiger partial charge in [0.15, 0.2) is 0 Å². The van der Waals surface area contributed by atoms with Crippen LogP contribution in [0.25, 0.3) is 0 Å². The zero-order valence-electron chi connectivity index (χ0n) is 11.3. The van der Waals surface area contributed by atoms with E-state index in [9.17, 15) is 4.79 Å². The standard InChI is InChI=1S/C15H14Br2N2O2/c1-21-14-6-5-11(17)8-13(14)18-9-15(20)19-12-4-2-3-10(16)7-12/h2-8,18H,9H2,1H3,(H,19,20). The maximum Gasteiger partial charge on any atom is 0.243 e. The molecule has 2 aromatic carbocycles. The Labute approximate surface area is 140 Å². The maximum atomic E-state index is 11.9. The van der Waals surface area contributed by atoms with Crippen molar-refractivity contribution in [3.05, 3.63) is 51.4 Å². The third-order valence-electron chi connectivity index (χ3n) is 2.71. The highest BCUT2D eigenvalue weighted by Gasteiger charge is 2.07. The highest BCUT2D eigenvalue weighted by Crippen LogP contribution is 2.27. The van der Waals surface area contributed by atoms with Gasteiger partial charge >= 0.3 is 0 Å². The molecule has 0 radical (unpaired) electrons. The summed E-state index contributed by atoms with van der Waals surface area (Å²) >= 11 is 6.76. The minimum absolute atomic E-state index is 0.130. The lowest BCUT2D eigenvalue weighted by molar-refractivity contribution is -0.114. The topological polar surface area (TPSA) is 50.4 Å². The van der Waals surface area contributed by atoms with E-state index < -0.39 is 0 Å². The molecule has 0 saturated carbocycles. The summed E-state index contributed by atoms with van der Waals surface area (Å²) in [6.45, 7) is 0.152. The molecule has 2 N–H and O–H groups in total. The number of rotatable bonds is 5. The molecule has 21 heavy (non-hydrogen) atoms. The molecule has 0 fully saturated rings. The number of amides is 1. The zero-order chi connectivity index (χ0) is 15.2. The summed E-state index contributed by atoms with van der Waals surface area (Å²) < 4.78 is 7.08. The Balaban J connectivity index is 1.96. The first kappa shape index (κ1) is 15.9. The first-order chi connectivity index (χ1) is 10.1. The van der Waals surface area contributed by atoms with E-state index in [1.54, 1.807) is 7.11 Å². The lowest BCUT2D eigenvalue weighted by atomic mass is 10.3. The summed E-state index contributed by atoms with van der Waals surface area (Å²) in [5.74, 6) is 0.559. The molecule has 0 bridgehead atoms. The van der Waals surface area contributed by atoms with Gasteiger partial charge in [-0.25, -0.2) is 0 Å². The van der Waals surface area contributed by atoms with Crippen LogP contribution >= 0.6 is 31.9 Å². The number of carbonyl (C=O) groups excluding carboxylic acids is 1. The van der Waals surface area contributed by atoms with E-state index in [1.807, 2.05) is 42.5 Å². The van der Waals surface area contributed by atoms with Gasteiger partial charge in [-0.2, -0.15) is 0 Å². The molecular formula is C15H14Br2N2O2. The van der Waals surface area contributed by atoms with Gasteiger partial charge in [0.05, 0.1) is 19.3 Å². The Bertz CT molecular complexity index is 647. The number of benzene rings is 2. The number of hydrogen-bond acceptors (Lipinski definition) is 3. The lowest BCUT2D eigenvalue weighted by Crippen LogP contribution is -2.21. The van der Waals surface area contributed by atoms with Crippen LogP contribution in [-0.4, -0.2) is 19.6 Å². The van der Waals surface area contributed by atoms with E-state index in [2.05, 4.69) is 42.5 Å². The van der Waals surface area contributed by atoms with Crippen molar-refractivity contribution in [2.75, 3.05) is 24.3 Å². The van der Waals surface area contributed by atoms with Crippen LogP contribution in [-0.2, 0) is 4.79 Å². The normalized spacial score (nSPS) is 10.0. The Morgan fingerprint density at radius 1 is 1.14 bits per heavy atom. The van der Waals surface area contributed by atoms with Crippen LogP contribution in [0.2, 0.25) is 0 Å². The number of carbonyl (C=O) groups is 1. The summed E-state index contributed by atoms with van der Waals surface area (Å²) in [4.78, 5) is 11.9. The third-order valence-corrected chi connectivity index (χ3v) is 3.70. The molecule has 0 heterocycles. The zero-order valence-corrected chi connectivity index (χ0v) is 14.5. The van der Waals surface area contributed by atoms with E-state index in [4.69, 9.17) is 4.74 Å². The van der Waals surface area contributed by atoms with Crippen molar-refractivity contribution >= 4 is 49.1 Å². The second-order valence-corrected chi connectivity index (χ2v) is 6.09. The van der Waals surface area contributed by atoms with Crippen molar-refractivity contribution in [1.29, 1.82) is 0 Å². The smallest absolute Gasteiger partial charge is 0.243 e. The van der Waals surface area contributed by atoms with Crippen molar-refractivity contribution in [3.8, 4) is 5.75 Å². The molecule has 0 aromatic heterocycles. The van der Waals surface area contributed by atoms with Gasteiger partial charge in [0.1, 0.15) is 5.75 Å². The molecule has 0 unspecified atom stereocenters. The van der Waals surface area contributed by atoms with E-state index in [0.717, 1.165) is 20.3 Å². The van der Waals surface area contributed by atoms with Crippen LogP contribution in [0.15, 0.2) is 51.4 Å². The lowest BCUT2D eigenvalue weighted by Gasteiger charge is -2.12. The van der Waals surface area contributed by atoms with Crippen LogP contribution in [0.1, 0.15) is 0 Å². The molecule has 4 nitrogen and oxygen atoms in total. The second kappa shape index (κ2) is 7.47. The van der Waals surface area contributed by atoms with Gasteiger partial charge in [-0.05, 0) is 36.4 Å². The number of halogens is 2. The summed E-state index contributed by atoms with van der Waals surface area (Å²) in [6.07, 6.45) is 0. The third kappa shape index (κ3) is 4.75. The molecule has 6 heteroatoms. The van der Waals surface area contributed by atoms with Gasteiger partial charge < -0.3 is 15.4 Å². The number of nitrogens with one attached hydrogen (secondary N) is 2. The number of hydrogen-bond donors (Lipinski definition) is 2. The molecule has 0 aliphatic heterocycles. The molecule has 2 rings (SSSR count). The summed E-state index contributed by atoms with van der Waals surface area (Å²) in [5, 5.41) is 5.88. The van der Waals surface area contributed by atoms with Gasteiger partial charge in [0.2, 0.25) is 5.91 Å². The molecule has 110 valence electrons. The second-order valence-electron chi connectivity index (χ2n) is 4.26. The van der Waals surface area contributed by atoms with E-state index in [-0.39, 0.29) is 12.5 Å². The largest absolute Gasteiger partial charge is 0.495 e. The maximum absolute atomic E-state index is 11.9. The average molecular weight is 414 g/mol. The van der Waals surface area contributed by atoms with Gasteiger partial charge in [0, 0.05) is 14.6 Å². The fourth-order valence-electron chi connectivity index (χ4n) is 1.77. The van der Waals surface area contributed by atoms with E-state index >= 15 is 0 Å². The first-order valence-electron chi connectivity index (χ1n) is 6.21. The molecule has 0 aliphatic carbocycles. The highest BCUT2D eigenvalue weighted by atomic mass is 79.9. The van der Waals surface area contributed by atoms with E-state index in [0.29, 0.717) is 5.75 Å². The van der Waals surface area contributed by atoms with Crippen LogP contribution in [0.3, 0.4) is 0 Å². The fourth-order valence-corrected chi connectivity index (χ4v) is 2.53. The fraction of sp³-hybridized carbons (Fsp3) is 0.133. The predicted molar refractivity (Wildman–Crippen MR) is 92.0 cm³/mol. The molecule has 1 amide bonds. The predicted octanol–water partition coefficient (Wildman–Crippen LogP) is 4.27. The molecule has 0 aliphatic rings. The Morgan fingerprint density at radius 3 is 2.62 bits per heavy atom. The summed E-state index contributed by atoms with van der Waals surface area (Å²) in [5.41, 5.74) is 1.51. The van der Waals surface area contributed by atoms with Gasteiger partial charge in [-0.15, -0.1) is 0 Å². The molecular weight excluding hydrogens is 400 g/mol. The van der Waals surface area contributed by atoms with Crippen molar-refractivity contribution < 1.29 is 9.53 Å². The quantitative estimate of drug-likeness (QED) is 0.769. The molecule has 0 atom stereocenters. The van der Waals surface area contributed by atoms with Crippen LogP contribution < -0.4 is 15.4 Å². The molecule has 0 saturated heterocycles. The Hall–Kier alpha value is -1.53.